The summed E-state index contributed by atoms with van der Waals surface area (Å²) in [5.74, 6) is 0.105. The lowest BCUT2D eigenvalue weighted by atomic mass is 10.1. The maximum absolute atomic E-state index is 11.9. The highest BCUT2D eigenvalue weighted by molar-refractivity contribution is 5.98. The number of carbonyl (C=O) groups is 1. The molecule has 0 aliphatic heterocycles. The van der Waals surface area contributed by atoms with Gasteiger partial charge in [-0.15, -0.1) is 0 Å². The Morgan fingerprint density at radius 2 is 2.12 bits per heavy atom. The Morgan fingerprint density at radius 3 is 2.73 bits per heavy atom. The summed E-state index contributed by atoms with van der Waals surface area (Å²) in [4.78, 5) is 28.0. The Labute approximate surface area is 148 Å². The van der Waals surface area contributed by atoms with Gasteiger partial charge < -0.3 is 15.5 Å². The number of pyridine rings is 1. The van der Waals surface area contributed by atoms with Crippen LogP contribution in [0.5, 0.6) is 0 Å². The fourth-order valence-electron chi connectivity index (χ4n) is 2.74. The Hall–Kier alpha value is -3.60. The molecule has 2 aromatic heterocycles. The number of nitriles is 1. The zero-order valence-electron chi connectivity index (χ0n) is 14.1. The van der Waals surface area contributed by atoms with E-state index >= 15 is 0 Å². The Morgan fingerprint density at radius 1 is 1.38 bits per heavy atom. The molecule has 0 unspecified atom stereocenters. The first-order valence-corrected chi connectivity index (χ1v) is 7.96. The van der Waals surface area contributed by atoms with Crippen LogP contribution in [0.4, 0.5) is 11.5 Å². The van der Waals surface area contributed by atoms with E-state index in [9.17, 15) is 9.59 Å². The molecule has 3 N–H and O–H groups in total. The molecule has 0 atom stereocenters. The van der Waals surface area contributed by atoms with Crippen LogP contribution in [-0.2, 0) is 4.79 Å². The second-order valence-corrected chi connectivity index (χ2v) is 6.07. The van der Waals surface area contributed by atoms with Crippen LogP contribution in [0, 0.1) is 24.7 Å². The van der Waals surface area contributed by atoms with Crippen molar-refractivity contribution in [3.63, 3.8) is 0 Å². The van der Waals surface area contributed by atoms with Gasteiger partial charge in [-0.2, -0.15) is 0 Å². The van der Waals surface area contributed by atoms with Crippen LogP contribution in [0.2, 0.25) is 0 Å². The Kier molecular flexibility index (Phi) is 4.45. The van der Waals surface area contributed by atoms with Gasteiger partial charge in [0, 0.05) is 29.8 Å². The molecule has 2 heterocycles. The lowest BCUT2D eigenvalue weighted by Crippen LogP contribution is -2.15. The molecular formula is C18H17N5O3. The second kappa shape index (κ2) is 6.72. The van der Waals surface area contributed by atoms with Gasteiger partial charge in [-0.3, -0.25) is 4.79 Å². The molecule has 3 aromatic rings. The summed E-state index contributed by atoms with van der Waals surface area (Å²) in [7, 11) is 0. The van der Waals surface area contributed by atoms with Crippen molar-refractivity contribution in [2.24, 2.45) is 5.92 Å². The van der Waals surface area contributed by atoms with Gasteiger partial charge in [-0.1, -0.05) is 0 Å². The number of aryl methyl sites for hydroxylation is 1. The summed E-state index contributed by atoms with van der Waals surface area (Å²) >= 11 is 0. The van der Waals surface area contributed by atoms with Crippen LogP contribution in [0.1, 0.15) is 18.5 Å². The number of nitrogens with one attached hydrogen (secondary N) is 1. The molecule has 1 amide bonds. The van der Waals surface area contributed by atoms with Crippen molar-refractivity contribution in [1.29, 1.82) is 5.26 Å². The lowest BCUT2D eigenvalue weighted by molar-refractivity contribution is -0.117. The standard InChI is InChI=1S/C17H16N4O3.CHN/c1-9-8-24-17(23)21(9)12-4-11-5-15(20-16(22)10-2-3-10)19-7-13(11)14(18)6-12;1-2/h4-8,10H,2-3,18H2,1H3,(H,19,20,22);1H. The first-order chi connectivity index (χ1) is 12.5. The number of aromatic nitrogens is 2. The van der Waals surface area contributed by atoms with Crippen LogP contribution >= 0.6 is 0 Å². The Bertz CT molecular complexity index is 1060. The van der Waals surface area contributed by atoms with E-state index in [0.29, 0.717) is 22.9 Å². The number of hydrogen-bond acceptors (Lipinski definition) is 6. The predicted molar refractivity (Wildman–Crippen MR) is 96.8 cm³/mol. The maximum atomic E-state index is 11.9. The van der Waals surface area contributed by atoms with Crippen molar-refractivity contribution in [2.75, 3.05) is 11.1 Å². The van der Waals surface area contributed by atoms with Crippen molar-refractivity contribution < 1.29 is 9.21 Å². The van der Waals surface area contributed by atoms with Gasteiger partial charge in [0.15, 0.2) is 0 Å². The molecule has 132 valence electrons. The third kappa shape index (κ3) is 3.15. The summed E-state index contributed by atoms with van der Waals surface area (Å²) in [6, 6.07) is 5.29. The third-order valence-corrected chi connectivity index (χ3v) is 4.18. The SMILES string of the molecule is C#N.Cc1coc(=O)n1-c1cc(N)c2cnc(NC(=O)C3CC3)cc2c1. The van der Waals surface area contributed by atoms with Crippen LogP contribution in [-0.4, -0.2) is 15.5 Å². The van der Waals surface area contributed by atoms with Crippen molar-refractivity contribution in [1.82, 2.24) is 9.55 Å². The molecule has 8 nitrogen and oxygen atoms in total. The molecule has 8 heteroatoms. The number of hydrogen-bond donors (Lipinski definition) is 2. The van der Waals surface area contributed by atoms with Crippen molar-refractivity contribution in [2.45, 2.75) is 19.8 Å². The van der Waals surface area contributed by atoms with E-state index in [-0.39, 0.29) is 11.8 Å². The monoisotopic (exact) mass is 351 g/mol. The maximum Gasteiger partial charge on any atom is 0.423 e. The fourth-order valence-corrected chi connectivity index (χ4v) is 2.74. The van der Waals surface area contributed by atoms with E-state index in [1.165, 1.54) is 10.8 Å². The number of nitrogen functional groups attached to an aromatic ring is 1. The van der Waals surface area contributed by atoms with E-state index in [2.05, 4.69) is 16.9 Å². The second-order valence-electron chi connectivity index (χ2n) is 6.07. The quantitative estimate of drug-likeness (QED) is 0.697. The van der Waals surface area contributed by atoms with Gasteiger partial charge in [-0.25, -0.2) is 19.6 Å². The molecule has 1 aliphatic rings. The molecule has 0 bridgehead atoms. The van der Waals surface area contributed by atoms with Crippen molar-refractivity contribution in [3.05, 3.63) is 46.9 Å². The van der Waals surface area contributed by atoms with Gasteiger partial charge in [-0.05, 0) is 43.4 Å². The van der Waals surface area contributed by atoms with Crippen molar-refractivity contribution >= 4 is 28.2 Å². The van der Waals surface area contributed by atoms with Gasteiger partial charge in [0.25, 0.3) is 0 Å². The number of fused-ring (bicyclic) bond motifs is 1. The van der Waals surface area contributed by atoms with E-state index < -0.39 is 5.76 Å². The van der Waals surface area contributed by atoms with Crippen molar-refractivity contribution in [3.8, 4) is 12.3 Å². The molecule has 4 rings (SSSR count). The summed E-state index contributed by atoms with van der Waals surface area (Å²) in [5, 5.41) is 10.9. The van der Waals surface area contributed by atoms with E-state index in [1.807, 2.05) is 6.07 Å². The van der Waals surface area contributed by atoms with Gasteiger partial charge >= 0.3 is 5.76 Å². The zero-order chi connectivity index (χ0) is 18.8. The highest BCUT2D eigenvalue weighted by Gasteiger charge is 2.29. The van der Waals surface area contributed by atoms with Gasteiger partial charge in [0.1, 0.15) is 12.1 Å². The minimum absolute atomic E-state index is 0.00660. The average molecular weight is 351 g/mol. The number of amides is 1. The summed E-state index contributed by atoms with van der Waals surface area (Å²) in [6.45, 7) is 5.28. The first kappa shape index (κ1) is 17.2. The van der Waals surface area contributed by atoms with Crippen LogP contribution in [0.3, 0.4) is 0 Å². The number of carbonyl (C=O) groups excluding carboxylic acids is 1. The molecule has 1 aromatic carbocycles. The minimum atomic E-state index is -0.470. The molecule has 26 heavy (non-hydrogen) atoms. The minimum Gasteiger partial charge on any atom is -0.416 e. The van der Waals surface area contributed by atoms with Crippen LogP contribution < -0.4 is 16.8 Å². The summed E-state index contributed by atoms with van der Waals surface area (Å²) in [5.41, 5.74) is 7.89. The molecule has 0 radical (unpaired) electrons. The normalized spacial score (nSPS) is 13.0. The average Bonchev–Trinajstić information content (AvgIpc) is 3.42. The largest absolute Gasteiger partial charge is 0.423 e. The first-order valence-electron chi connectivity index (χ1n) is 7.96. The summed E-state index contributed by atoms with van der Waals surface area (Å²) < 4.78 is 6.35. The fraction of sp³-hybridized carbons (Fsp3) is 0.222. The van der Waals surface area contributed by atoms with E-state index in [1.54, 1.807) is 25.3 Å². The molecule has 0 saturated heterocycles. The molecule has 1 fully saturated rings. The predicted octanol–water partition coefficient (Wildman–Crippen LogP) is 2.36. The van der Waals surface area contributed by atoms with Crippen LogP contribution in [0.15, 0.2) is 39.9 Å². The number of oxazole rings is 1. The zero-order valence-corrected chi connectivity index (χ0v) is 14.1. The molecule has 1 aliphatic carbocycles. The summed E-state index contributed by atoms with van der Waals surface area (Å²) in [6.07, 6.45) is 4.89. The number of anilines is 2. The number of benzene rings is 1. The molecule has 1 saturated carbocycles. The van der Waals surface area contributed by atoms with E-state index in [4.69, 9.17) is 15.4 Å². The van der Waals surface area contributed by atoms with Gasteiger partial charge in [0.2, 0.25) is 5.91 Å². The Balaban J connectivity index is 0.000000948. The number of nitrogens with zero attached hydrogens (tertiary/aromatic N) is 3. The number of nitrogens with two attached hydrogens (primary N) is 1. The lowest BCUT2D eigenvalue weighted by Gasteiger charge is -2.10. The van der Waals surface area contributed by atoms with E-state index in [0.717, 1.165) is 23.6 Å². The highest BCUT2D eigenvalue weighted by Crippen LogP contribution is 2.31. The highest BCUT2D eigenvalue weighted by atomic mass is 16.4. The number of rotatable bonds is 3. The van der Waals surface area contributed by atoms with Gasteiger partial charge in [0.05, 0.1) is 11.4 Å². The molecule has 0 spiro atoms. The third-order valence-electron chi connectivity index (χ3n) is 4.18. The van der Waals surface area contributed by atoms with Crippen LogP contribution in [0.25, 0.3) is 16.5 Å². The molecular weight excluding hydrogens is 334 g/mol. The smallest absolute Gasteiger partial charge is 0.416 e. The topological polar surface area (TPSA) is 127 Å².